The quantitative estimate of drug-likeness (QED) is 0.525. The number of phenols is 1. The van der Waals surface area contributed by atoms with Crippen LogP contribution in [0.5, 0.6) is 11.5 Å². The molecular formula is C20H17ClO6. The van der Waals surface area contributed by atoms with Gasteiger partial charge in [-0.2, -0.15) is 0 Å². The Morgan fingerprint density at radius 2 is 1.93 bits per heavy atom. The molecular weight excluding hydrogens is 372 g/mol. The maximum atomic E-state index is 12.2. The number of hydrogen-bond acceptors (Lipinski definition) is 6. The molecule has 0 aliphatic carbocycles. The number of halogens is 1. The third-order valence-corrected chi connectivity index (χ3v) is 4.30. The number of rotatable bonds is 5. The smallest absolute Gasteiger partial charge is 0.347 e. The average molecular weight is 389 g/mol. The minimum atomic E-state index is -0.844. The van der Waals surface area contributed by atoms with Gasteiger partial charge in [-0.05, 0) is 50.2 Å². The third-order valence-electron chi connectivity index (χ3n) is 4.05. The minimum absolute atomic E-state index is 0.0183. The Balaban J connectivity index is 1.74. The molecule has 27 heavy (non-hydrogen) atoms. The van der Waals surface area contributed by atoms with Crippen LogP contribution in [0.2, 0.25) is 5.02 Å². The van der Waals surface area contributed by atoms with Gasteiger partial charge in [0.2, 0.25) is 0 Å². The van der Waals surface area contributed by atoms with Crippen molar-refractivity contribution in [3.8, 4) is 11.5 Å². The topological polar surface area (TPSA) is 86.0 Å². The molecule has 7 heteroatoms. The Morgan fingerprint density at radius 1 is 1.22 bits per heavy atom. The lowest BCUT2D eigenvalue weighted by molar-refractivity contribution is -0.152. The van der Waals surface area contributed by atoms with E-state index in [2.05, 4.69) is 0 Å². The molecule has 1 atom stereocenters. The van der Waals surface area contributed by atoms with E-state index in [4.69, 9.17) is 25.5 Å². The number of phenolic OH excluding ortho intramolecular Hbond substituents is 1. The van der Waals surface area contributed by atoms with Gasteiger partial charge in [-0.1, -0.05) is 11.6 Å². The first-order chi connectivity index (χ1) is 12.8. The summed E-state index contributed by atoms with van der Waals surface area (Å²) in [6, 6.07) is 11.0. The lowest BCUT2D eigenvalue weighted by Gasteiger charge is -2.14. The highest BCUT2D eigenvalue weighted by Gasteiger charge is 2.18. The molecule has 0 amide bonds. The molecule has 0 spiro atoms. The number of fused-ring (bicyclic) bond motifs is 1. The Hall–Kier alpha value is -2.99. The monoisotopic (exact) mass is 388 g/mol. The summed E-state index contributed by atoms with van der Waals surface area (Å²) in [6.07, 6.45) is -0.844. The molecule has 0 radical (unpaired) electrons. The third kappa shape index (κ3) is 4.23. The Morgan fingerprint density at radius 3 is 2.63 bits per heavy atom. The fraction of sp³-hybridized carbons (Fsp3) is 0.200. The van der Waals surface area contributed by atoms with Gasteiger partial charge in [0.05, 0.1) is 0 Å². The SMILES string of the molecule is Cc1c(O)ccc2c(COC(=O)C(C)Oc3ccc(Cl)cc3)cc(=O)oc12. The Labute approximate surface area is 159 Å². The van der Waals surface area contributed by atoms with Crippen LogP contribution in [0.3, 0.4) is 0 Å². The Bertz CT molecular complexity index is 1040. The van der Waals surface area contributed by atoms with Crippen molar-refractivity contribution in [3.05, 3.63) is 69.0 Å². The molecule has 0 saturated carbocycles. The van der Waals surface area contributed by atoms with Crippen molar-refractivity contribution in [2.45, 2.75) is 26.6 Å². The molecule has 1 aromatic heterocycles. The van der Waals surface area contributed by atoms with E-state index in [0.717, 1.165) is 0 Å². The molecule has 6 nitrogen and oxygen atoms in total. The summed E-state index contributed by atoms with van der Waals surface area (Å²) in [5, 5.41) is 10.9. The van der Waals surface area contributed by atoms with E-state index < -0.39 is 17.7 Å². The van der Waals surface area contributed by atoms with Crippen molar-refractivity contribution in [1.29, 1.82) is 0 Å². The van der Waals surface area contributed by atoms with Crippen LogP contribution in [0.1, 0.15) is 18.1 Å². The second kappa shape index (κ2) is 7.72. The van der Waals surface area contributed by atoms with Gasteiger partial charge >= 0.3 is 11.6 Å². The zero-order valence-electron chi connectivity index (χ0n) is 14.7. The average Bonchev–Trinajstić information content (AvgIpc) is 2.64. The molecule has 2 aromatic carbocycles. The predicted molar refractivity (Wildman–Crippen MR) is 100 cm³/mol. The first-order valence-corrected chi connectivity index (χ1v) is 8.57. The van der Waals surface area contributed by atoms with Crippen LogP contribution in [-0.4, -0.2) is 17.2 Å². The van der Waals surface area contributed by atoms with E-state index in [0.29, 0.717) is 27.3 Å². The van der Waals surface area contributed by atoms with Gasteiger partial charge in [-0.3, -0.25) is 0 Å². The van der Waals surface area contributed by atoms with Crippen molar-refractivity contribution in [3.63, 3.8) is 0 Å². The van der Waals surface area contributed by atoms with E-state index in [-0.39, 0.29) is 17.9 Å². The lowest BCUT2D eigenvalue weighted by atomic mass is 10.1. The van der Waals surface area contributed by atoms with Crippen LogP contribution in [0, 0.1) is 6.92 Å². The Kier molecular flexibility index (Phi) is 5.37. The number of ether oxygens (including phenoxy) is 2. The summed E-state index contributed by atoms with van der Waals surface area (Å²) >= 11 is 5.81. The number of aryl methyl sites for hydroxylation is 1. The molecule has 1 N–H and O–H groups in total. The van der Waals surface area contributed by atoms with Crippen molar-refractivity contribution in [2.24, 2.45) is 0 Å². The summed E-state index contributed by atoms with van der Waals surface area (Å²) in [4.78, 5) is 24.0. The second-order valence-corrected chi connectivity index (χ2v) is 6.44. The van der Waals surface area contributed by atoms with Gasteiger partial charge in [-0.25, -0.2) is 9.59 Å². The van der Waals surface area contributed by atoms with Crippen molar-refractivity contribution >= 4 is 28.5 Å². The number of esters is 1. The summed E-state index contributed by atoms with van der Waals surface area (Å²) < 4.78 is 16.0. The number of carbonyl (C=O) groups is 1. The largest absolute Gasteiger partial charge is 0.508 e. The van der Waals surface area contributed by atoms with E-state index in [1.165, 1.54) is 12.1 Å². The molecule has 0 saturated heterocycles. The number of benzene rings is 2. The maximum Gasteiger partial charge on any atom is 0.347 e. The molecule has 140 valence electrons. The molecule has 3 aromatic rings. The molecule has 0 fully saturated rings. The zero-order chi connectivity index (χ0) is 19.6. The van der Waals surface area contributed by atoms with Gasteiger partial charge in [0.1, 0.15) is 23.7 Å². The van der Waals surface area contributed by atoms with Crippen LogP contribution in [-0.2, 0) is 16.1 Å². The summed E-state index contributed by atoms with van der Waals surface area (Å²) in [5.74, 6) is -0.0765. The van der Waals surface area contributed by atoms with Gasteiger partial charge < -0.3 is 19.0 Å². The lowest BCUT2D eigenvalue weighted by Crippen LogP contribution is -2.26. The van der Waals surface area contributed by atoms with Gasteiger partial charge in [0.25, 0.3) is 0 Å². The van der Waals surface area contributed by atoms with Crippen LogP contribution >= 0.6 is 11.6 Å². The van der Waals surface area contributed by atoms with Crippen LogP contribution in [0.25, 0.3) is 11.0 Å². The van der Waals surface area contributed by atoms with Gasteiger partial charge in [0, 0.05) is 27.6 Å². The standard InChI is InChI=1S/C20H17ClO6/c1-11-17(22)8-7-16-13(9-18(23)27-19(11)16)10-25-20(24)12(2)26-15-5-3-14(21)4-6-15/h3-9,12,22H,10H2,1-2H3. The summed E-state index contributed by atoms with van der Waals surface area (Å²) in [6.45, 7) is 3.08. The minimum Gasteiger partial charge on any atom is -0.508 e. The van der Waals surface area contributed by atoms with Crippen LogP contribution < -0.4 is 10.4 Å². The molecule has 0 aliphatic heterocycles. The number of aromatic hydroxyl groups is 1. The van der Waals surface area contributed by atoms with Crippen molar-refractivity contribution < 1.29 is 23.8 Å². The van der Waals surface area contributed by atoms with Gasteiger partial charge in [0.15, 0.2) is 6.10 Å². The van der Waals surface area contributed by atoms with E-state index in [9.17, 15) is 14.7 Å². The molecule has 1 unspecified atom stereocenters. The molecule has 3 rings (SSSR count). The fourth-order valence-electron chi connectivity index (χ4n) is 2.57. The van der Waals surface area contributed by atoms with Crippen molar-refractivity contribution in [1.82, 2.24) is 0 Å². The fourth-order valence-corrected chi connectivity index (χ4v) is 2.69. The number of hydrogen-bond donors (Lipinski definition) is 1. The zero-order valence-corrected chi connectivity index (χ0v) is 15.4. The van der Waals surface area contributed by atoms with Crippen LogP contribution in [0.4, 0.5) is 0 Å². The predicted octanol–water partition coefficient (Wildman–Crippen LogP) is 3.97. The number of carbonyl (C=O) groups excluding carboxylic acids is 1. The summed E-state index contributed by atoms with van der Waals surface area (Å²) in [7, 11) is 0. The molecule has 0 aliphatic rings. The highest BCUT2D eigenvalue weighted by Crippen LogP contribution is 2.27. The second-order valence-electron chi connectivity index (χ2n) is 6.00. The van der Waals surface area contributed by atoms with E-state index in [1.807, 2.05) is 0 Å². The molecule has 0 bridgehead atoms. The van der Waals surface area contributed by atoms with E-state index in [1.54, 1.807) is 44.2 Å². The van der Waals surface area contributed by atoms with E-state index >= 15 is 0 Å². The van der Waals surface area contributed by atoms with Crippen molar-refractivity contribution in [2.75, 3.05) is 0 Å². The highest BCUT2D eigenvalue weighted by molar-refractivity contribution is 6.30. The first kappa shape index (κ1) is 18.8. The first-order valence-electron chi connectivity index (χ1n) is 8.19. The highest BCUT2D eigenvalue weighted by atomic mass is 35.5. The van der Waals surface area contributed by atoms with Gasteiger partial charge in [-0.15, -0.1) is 0 Å². The maximum absolute atomic E-state index is 12.2. The normalized spacial score (nSPS) is 12.0. The molecule has 1 heterocycles. The van der Waals surface area contributed by atoms with Crippen LogP contribution in [0.15, 0.2) is 51.7 Å². The summed E-state index contributed by atoms with van der Waals surface area (Å²) in [5.41, 5.74) is 0.598.